The van der Waals surface area contributed by atoms with Crippen LogP contribution in [0.4, 0.5) is 0 Å². The number of rotatable bonds is 2. The lowest BCUT2D eigenvalue weighted by atomic mass is 10.2. The van der Waals surface area contributed by atoms with E-state index >= 15 is 0 Å². The molecule has 1 rings (SSSR count). The van der Waals surface area contributed by atoms with Gasteiger partial charge in [-0.3, -0.25) is 9.63 Å². The minimum absolute atomic E-state index is 0.0106. The highest BCUT2D eigenvalue weighted by Gasteiger charge is 2.22. The number of pyridine rings is 1. The number of amides is 1. The lowest BCUT2D eigenvalue weighted by Gasteiger charge is -2.13. The second-order valence-corrected chi connectivity index (χ2v) is 3.47. The summed E-state index contributed by atoms with van der Waals surface area (Å²) in [6, 6.07) is 1.30. The largest absolute Gasteiger partial charge is 0.618 e. The molecule has 0 unspecified atom stereocenters. The maximum atomic E-state index is 11.6. The van der Waals surface area contributed by atoms with Crippen molar-refractivity contribution in [2.75, 3.05) is 14.2 Å². The molecule has 7 heteroatoms. The van der Waals surface area contributed by atoms with Gasteiger partial charge in [-0.2, -0.15) is 4.73 Å². The smallest absolute Gasteiger partial charge is 0.299 e. The number of aromatic nitrogens is 1. The number of hydroxylamine groups is 2. The Kier molecular flexibility index (Phi) is 3.73. The zero-order chi connectivity index (χ0) is 11.6. The fourth-order valence-corrected chi connectivity index (χ4v) is 1.31. The van der Waals surface area contributed by atoms with Crippen LogP contribution in [0.25, 0.3) is 0 Å². The zero-order valence-electron chi connectivity index (χ0n) is 8.03. The van der Waals surface area contributed by atoms with Gasteiger partial charge < -0.3 is 5.21 Å². The van der Waals surface area contributed by atoms with Gasteiger partial charge in [0.1, 0.15) is 10.6 Å². The lowest BCUT2D eigenvalue weighted by Crippen LogP contribution is -2.33. The molecule has 0 N–H and O–H groups in total. The third kappa shape index (κ3) is 2.50. The molecule has 1 heterocycles. The summed E-state index contributed by atoms with van der Waals surface area (Å²) in [5.74, 6) is -0.547. The highest BCUT2D eigenvalue weighted by atomic mass is 35.5. The molecule has 1 aromatic heterocycles. The minimum atomic E-state index is -0.547. The molecule has 0 radical (unpaired) electrons. The number of carbonyl (C=O) groups excluding carboxylic acids is 1. The molecule has 82 valence electrons. The Hall–Kier alpha value is -1.04. The maximum absolute atomic E-state index is 11.6. The quantitative estimate of drug-likeness (QED) is 0.344. The van der Waals surface area contributed by atoms with Gasteiger partial charge in [-0.15, -0.1) is 0 Å². The Balaban J connectivity index is 3.19. The summed E-state index contributed by atoms with van der Waals surface area (Å²) in [5.41, 5.74) is -0.0106. The van der Waals surface area contributed by atoms with Gasteiger partial charge in [0.25, 0.3) is 11.1 Å². The highest BCUT2D eigenvalue weighted by molar-refractivity contribution is 6.33. The Labute approximate surface area is 96.3 Å². The first-order valence-corrected chi connectivity index (χ1v) is 4.63. The van der Waals surface area contributed by atoms with Gasteiger partial charge in [-0.1, -0.05) is 11.6 Å². The molecule has 0 fully saturated rings. The molecule has 1 aromatic rings. The second-order valence-electron chi connectivity index (χ2n) is 2.67. The van der Waals surface area contributed by atoms with Crippen LogP contribution in [0.2, 0.25) is 10.2 Å². The van der Waals surface area contributed by atoms with Crippen molar-refractivity contribution in [2.24, 2.45) is 0 Å². The van der Waals surface area contributed by atoms with Gasteiger partial charge in [0.15, 0.2) is 0 Å². The standard InChI is InChI=1S/C8H8Cl2N2O3/c1-11(15-2)8(13)6-3-5(9)4-12(14)7(6)10/h3-4H,1-2H3. The molecule has 1 amide bonds. The van der Waals surface area contributed by atoms with Gasteiger partial charge in [0, 0.05) is 7.05 Å². The van der Waals surface area contributed by atoms with E-state index in [1.165, 1.54) is 20.2 Å². The van der Waals surface area contributed by atoms with Crippen LogP contribution in [0.15, 0.2) is 12.3 Å². The molecular formula is C8H8Cl2N2O3. The van der Waals surface area contributed by atoms with Crippen molar-refractivity contribution in [3.8, 4) is 0 Å². The van der Waals surface area contributed by atoms with E-state index < -0.39 is 5.91 Å². The summed E-state index contributed by atoms with van der Waals surface area (Å²) in [7, 11) is 2.72. The van der Waals surface area contributed by atoms with Crippen LogP contribution in [0.1, 0.15) is 10.4 Å². The summed E-state index contributed by atoms with van der Waals surface area (Å²) >= 11 is 11.3. The van der Waals surface area contributed by atoms with E-state index in [0.29, 0.717) is 4.73 Å². The van der Waals surface area contributed by atoms with E-state index in [2.05, 4.69) is 4.84 Å². The molecule has 0 aliphatic rings. The molecule has 0 spiro atoms. The van der Waals surface area contributed by atoms with Crippen LogP contribution >= 0.6 is 23.2 Å². The normalized spacial score (nSPS) is 10.1. The van der Waals surface area contributed by atoms with Crippen molar-refractivity contribution in [1.82, 2.24) is 5.06 Å². The SMILES string of the molecule is CON(C)C(=O)c1cc(Cl)c[n+]([O-])c1Cl. The predicted octanol–water partition coefficient (Wildman–Crippen LogP) is 1.26. The Morgan fingerprint density at radius 2 is 2.20 bits per heavy atom. The highest BCUT2D eigenvalue weighted by Crippen LogP contribution is 2.17. The number of carbonyl (C=O) groups is 1. The van der Waals surface area contributed by atoms with E-state index in [-0.39, 0.29) is 15.7 Å². The van der Waals surface area contributed by atoms with Crippen LogP contribution < -0.4 is 4.73 Å². The number of nitrogens with zero attached hydrogens (tertiary/aromatic N) is 2. The van der Waals surface area contributed by atoms with Gasteiger partial charge in [0.05, 0.1) is 7.11 Å². The zero-order valence-corrected chi connectivity index (χ0v) is 9.54. The average Bonchev–Trinajstić information content (AvgIpc) is 2.21. The van der Waals surface area contributed by atoms with Crippen molar-refractivity contribution in [3.63, 3.8) is 0 Å². The fourth-order valence-electron chi connectivity index (χ4n) is 0.925. The topological polar surface area (TPSA) is 56.5 Å². The number of hydrogen-bond acceptors (Lipinski definition) is 3. The summed E-state index contributed by atoms with van der Waals surface area (Å²) in [4.78, 5) is 16.3. The van der Waals surface area contributed by atoms with E-state index in [1.54, 1.807) is 0 Å². The number of halogens is 2. The summed E-state index contributed by atoms with van der Waals surface area (Å²) in [5, 5.41) is 12.0. The van der Waals surface area contributed by atoms with Crippen molar-refractivity contribution >= 4 is 29.1 Å². The first-order chi connectivity index (χ1) is 6.97. The van der Waals surface area contributed by atoms with Crippen LogP contribution in [-0.2, 0) is 4.84 Å². The van der Waals surface area contributed by atoms with Gasteiger partial charge >= 0.3 is 0 Å². The fraction of sp³-hybridized carbons (Fsp3) is 0.250. The molecule has 0 saturated carbocycles. The molecule has 0 aromatic carbocycles. The Bertz CT molecular complexity index is 398. The molecule has 5 nitrogen and oxygen atoms in total. The minimum Gasteiger partial charge on any atom is -0.618 e. The van der Waals surface area contributed by atoms with E-state index in [0.717, 1.165) is 11.3 Å². The van der Waals surface area contributed by atoms with Crippen molar-refractivity contribution in [3.05, 3.63) is 33.2 Å². The lowest BCUT2D eigenvalue weighted by molar-refractivity contribution is -0.603. The van der Waals surface area contributed by atoms with Crippen LogP contribution in [-0.4, -0.2) is 25.1 Å². The molecule has 0 bridgehead atoms. The molecule has 0 saturated heterocycles. The predicted molar refractivity (Wildman–Crippen MR) is 54.5 cm³/mol. The average molecular weight is 251 g/mol. The first-order valence-electron chi connectivity index (χ1n) is 3.87. The molecule has 0 aliphatic heterocycles. The van der Waals surface area contributed by atoms with Crippen molar-refractivity contribution in [1.29, 1.82) is 0 Å². The van der Waals surface area contributed by atoms with E-state index in [1.807, 2.05) is 0 Å². The van der Waals surface area contributed by atoms with Gasteiger partial charge in [0.2, 0.25) is 6.20 Å². The van der Waals surface area contributed by atoms with Crippen LogP contribution in [0.3, 0.4) is 0 Å². The first kappa shape index (κ1) is 12.0. The molecule has 0 aliphatic carbocycles. The second kappa shape index (κ2) is 4.65. The van der Waals surface area contributed by atoms with Crippen LogP contribution in [0.5, 0.6) is 0 Å². The Morgan fingerprint density at radius 3 is 2.73 bits per heavy atom. The Morgan fingerprint density at radius 1 is 1.60 bits per heavy atom. The summed E-state index contributed by atoms with van der Waals surface area (Å²) < 4.78 is 0.320. The summed E-state index contributed by atoms with van der Waals surface area (Å²) in [6.07, 6.45) is 1.06. The van der Waals surface area contributed by atoms with Crippen LogP contribution in [0, 0.1) is 5.21 Å². The summed E-state index contributed by atoms with van der Waals surface area (Å²) in [6.45, 7) is 0. The third-order valence-corrected chi connectivity index (χ3v) is 2.31. The van der Waals surface area contributed by atoms with Crippen molar-refractivity contribution in [2.45, 2.75) is 0 Å². The molecular weight excluding hydrogens is 243 g/mol. The maximum Gasteiger partial charge on any atom is 0.299 e. The third-order valence-electron chi connectivity index (χ3n) is 1.73. The van der Waals surface area contributed by atoms with Gasteiger partial charge in [-0.25, -0.2) is 5.06 Å². The molecule has 15 heavy (non-hydrogen) atoms. The number of hydrogen-bond donors (Lipinski definition) is 0. The van der Waals surface area contributed by atoms with E-state index in [4.69, 9.17) is 23.2 Å². The molecule has 0 atom stereocenters. The monoisotopic (exact) mass is 250 g/mol. The van der Waals surface area contributed by atoms with Gasteiger partial charge in [-0.05, 0) is 17.7 Å². The van der Waals surface area contributed by atoms with Crippen molar-refractivity contribution < 1.29 is 14.4 Å². The van der Waals surface area contributed by atoms with E-state index in [9.17, 15) is 10.0 Å².